The van der Waals surface area contributed by atoms with Crippen molar-refractivity contribution < 1.29 is 4.74 Å². The van der Waals surface area contributed by atoms with E-state index in [4.69, 9.17) is 4.74 Å². The van der Waals surface area contributed by atoms with Gasteiger partial charge in [-0.1, -0.05) is 13.0 Å². The van der Waals surface area contributed by atoms with E-state index in [9.17, 15) is 0 Å². The second-order valence-corrected chi connectivity index (χ2v) is 5.14. The summed E-state index contributed by atoms with van der Waals surface area (Å²) in [5.41, 5.74) is 1.74. The van der Waals surface area contributed by atoms with E-state index in [-0.39, 0.29) is 0 Å². The van der Waals surface area contributed by atoms with Gasteiger partial charge in [-0.2, -0.15) is 0 Å². The number of hydrogen-bond donors (Lipinski definition) is 1. The maximum absolute atomic E-state index is 6.00. The van der Waals surface area contributed by atoms with Crippen molar-refractivity contribution in [1.29, 1.82) is 0 Å². The minimum Gasteiger partial charge on any atom is -0.489 e. The molecule has 1 aliphatic carbocycles. The summed E-state index contributed by atoms with van der Waals surface area (Å²) in [4.78, 5) is 5.13. The van der Waals surface area contributed by atoms with Crippen LogP contribution in [0.5, 0.6) is 5.75 Å². The van der Waals surface area contributed by atoms with E-state index in [0.717, 1.165) is 17.1 Å². The van der Waals surface area contributed by atoms with Crippen molar-refractivity contribution in [2.45, 2.75) is 45.1 Å². The first-order valence-corrected chi connectivity index (χ1v) is 6.64. The molecule has 0 unspecified atom stereocenters. The van der Waals surface area contributed by atoms with Crippen molar-refractivity contribution in [3.05, 3.63) is 30.1 Å². The van der Waals surface area contributed by atoms with Crippen molar-refractivity contribution in [3.63, 3.8) is 0 Å². The molecule has 0 N–H and O–H groups in total. The SMILES string of the molecule is C=C(S)c1ccc(OC2CCCCC2)c(C)n1. The first kappa shape index (κ1) is 12.5. The summed E-state index contributed by atoms with van der Waals surface area (Å²) in [5, 5.41) is 0. The summed E-state index contributed by atoms with van der Waals surface area (Å²) >= 11 is 4.20. The molecule has 1 aromatic rings. The maximum Gasteiger partial charge on any atom is 0.140 e. The topological polar surface area (TPSA) is 22.1 Å². The summed E-state index contributed by atoms with van der Waals surface area (Å²) < 4.78 is 6.00. The van der Waals surface area contributed by atoms with E-state index in [1.807, 2.05) is 19.1 Å². The zero-order valence-electron chi connectivity index (χ0n) is 10.3. The zero-order valence-corrected chi connectivity index (χ0v) is 11.2. The minimum absolute atomic E-state index is 0.370. The third kappa shape index (κ3) is 3.25. The summed E-state index contributed by atoms with van der Waals surface area (Å²) in [7, 11) is 0. The Morgan fingerprint density at radius 1 is 1.35 bits per heavy atom. The molecule has 2 rings (SSSR count). The van der Waals surface area contributed by atoms with Gasteiger partial charge in [-0.3, -0.25) is 0 Å². The number of aryl methyl sites for hydroxylation is 1. The van der Waals surface area contributed by atoms with Crippen LogP contribution in [0.1, 0.15) is 43.5 Å². The molecule has 0 bridgehead atoms. The Kier molecular flexibility index (Phi) is 4.11. The van der Waals surface area contributed by atoms with Crippen LogP contribution in [0.15, 0.2) is 18.7 Å². The number of aromatic nitrogens is 1. The van der Waals surface area contributed by atoms with Gasteiger partial charge in [0.2, 0.25) is 0 Å². The molecule has 0 aliphatic heterocycles. The van der Waals surface area contributed by atoms with Gasteiger partial charge in [0.1, 0.15) is 5.75 Å². The Bertz CT molecular complexity index is 411. The Morgan fingerprint density at radius 2 is 2.06 bits per heavy atom. The molecule has 0 spiro atoms. The second kappa shape index (κ2) is 5.58. The Labute approximate surface area is 109 Å². The molecule has 1 heterocycles. The molecule has 1 aliphatic rings. The lowest BCUT2D eigenvalue weighted by molar-refractivity contribution is 0.153. The van der Waals surface area contributed by atoms with Gasteiger partial charge in [0.25, 0.3) is 0 Å². The highest BCUT2D eigenvalue weighted by Gasteiger charge is 2.16. The number of pyridine rings is 1. The number of rotatable bonds is 3. The second-order valence-electron chi connectivity index (χ2n) is 4.60. The number of hydrogen-bond acceptors (Lipinski definition) is 3. The quantitative estimate of drug-likeness (QED) is 0.818. The van der Waals surface area contributed by atoms with Crippen molar-refractivity contribution in [2.75, 3.05) is 0 Å². The lowest BCUT2D eigenvalue weighted by Gasteiger charge is -2.23. The standard InChI is InChI=1S/C14H19NOS/c1-10-14(9-8-13(15-10)11(2)17)16-12-6-4-3-5-7-12/h8-9,12,17H,2-7H2,1H3. The highest BCUT2D eigenvalue weighted by molar-refractivity contribution is 7.90. The smallest absolute Gasteiger partial charge is 0.140 e. The molecule has 2 nitrogen and oxygen atoms in total. The summed E-state index contributed by atoms with van der Waals surface area (Å²) in [5.74, 6) is 0.898. The fourth-order valence-electron chi connectivity index (χ4n) is 2.20. The predicted octanol–water partition coefficient (Wildman–Crippen LogP) is 4.00. The molecule has 0 atom stereocenters. The van der Waals surface area contributed by atoms with Crippen LogP contribution in [-0.2, 0) is 0 Å². The first-order valence-electron chi connectivity index (χ1n) is 6.19. The molecular weight excluding hydrogens is 230 g/mol. The van der Waals surface area contributed by atoms with Gasteiger partial charge in [-0.15, -0.1) is 12.6 Å². The molecule has 0 aromatic carbocycles. The van der Waals surface area contributed by atoms with Crippen LogP contribution in [0.2, 0.25) is 0 Å². The van der Waals surface area contributed by atoms with Gasteiger partial charge in [0, 0.05) is 4.91 Å². The van der Waals surface area contributed by atoms with Gasteiger partial charge in [0.05, 0.1) is 17.5 Å². The molecule has 1 fully saturated rings. The Balaban J connectivity index is 2.08. The number of thiol groups is 1. The summed E-state index contributed by atoms with van der Waals surface area (Å²) in [6.07, 6.45) is 6.61. The van der Waals surface area contributed by atoms with E-state index >= 15 is 0 Å². The fourth-order valence-corrected chi connectivity index (χ4v) is 2.32. The van der Waals surface area contributed by atoms with Crippen molar-refractivity contribution >= 4 is 17.5 Å². The predicted molar refractivity (Wildman–Crippen MR) is 74.5 cm³/mol. The highest BCUT2D eigenvalue weighted by Crippen LogP contribution is 2.26. The molecule has 3 heteroatoms. The van der Waals surface area contributed by atoms with Crippen LogP contribution in [0.4, 0.5) is 0 Å². The van der Waals surface area contributed by atoms with Gasteiger partial charge >= 0.3 is 0 Å². The number of ether oxygens (including phenoxy) is 1. The monoisotopic (exact) mass is 249 g/mol. The van der Waals surface area contributed by atoms with Crippen molar-refractivity contribution in [2.24, 2.45) is 0 Å². The molecule has 92 valence electrons. The average Bonchev–Trinajstić information content (AvgIpc) is 2.33. The molecule has 1 aromatic heterocycles. The molecule has 17 heavy (non-hydrogen) atoms. The minimum atomic E-state index is 0.370. The van der Waals surface area contributed by atoms with E-state index in [2.05, 4.69) is 24.2 Å². The van der Waals surface area contributed by atoms with Crippen LogP contribution in [-0.4, -0.2) is 11.1 Å². The Hall–Kier alpha value is -0.960. The van der Waals surface area contributed by atoms with E-state index in [0.29, 0.717) is 11.0 Å². The molecule has 0 amide bonds. The van der Waals surface area contributed by atoms with E-state index in [1.54, 1.807) is 0 Å². The highest BCUT2D eigenvalue weighted by atomic mass is 32.1. The summed E-state index contributed by atoms with van der Waals surface area (Å²) in [6.45, 7) is 5.74. The molecule has 0 radical (unpaired) electrons. The van der Waals surface area contributed by atoms with Crippen LogP contribution in [0.25, 0.3) is 4.91 Å². The summed E-state index contributed by atoms with van der Waals surface area (Å²) in [6, 6.07) is 3.90. The fraction of sp³-hybridized carbons (Fsp3) is 0.500. The van der Waals surface area contributed by atoms with Crippen LogP contribution in [0.3, 0.4) is 0 Å². The Morgan fingerprint density at radius 3 is 2.65 bits per heavy atom. The third-order valence-electron chi connectivity index (χ3n) is 3.18. The maximum atomic E-state index is 6.00. The average molecular weight is 249 g/mol. The lowest BCUT2D eigenvalue weighted by atomic mass is 9.98. The van der Waals surface area contributed by atoms with Gasteiger partial charge < -0.3 is 4.74 Å². The van der Waals surface area contributed by atoms with Crippen molar-refractivity contribution in [1.82, 2.24) is 4.98 Å². The zero-order chi connectivity index (χ0) is 12.3. The third-order valence-corrected chi connectivity index (χ3v) is 3.41. The number of nitrogens with zero attached hydrogens (tertiary/aromatic N) is 1. The van der Waals surface area contributed by atoms with Gasteiger partial charge in [0.15, 0.2) is 0 Å². The van der Waals surface area contributed by atoms with Gasteiger partial charge in [-0.05, 0) is 44.7 Å². The molecule has 1 saturated carbocycles. The molecular formula is C14H19NOS. The van der Waals surface area contributed by atoms with Crippen LogP contribution in [0, 0.1) is 6.92 Å². The molecule has 0 saturated heterocycles. The lowest BCUT2D eigenvalue weighted by Crippen LogP contribution is -2.20. The van der Waals surface area contributed by atoms with Gasteiger partial charge in [-0.25, -0.2) is 4.98 Å². The van der Waals surface area contributed by atoms with E-state index in [1.165, 1.54) is 32.1 Å². The van der Waals surface area contributed by atoms with Crippen LogP contribution < -0.4 is 4.74 Å². The first-order chi connectivity index (χ1) is 8.16. The van der Waals surface area contributed by atoms with E-state index < -0.39 is 0 Å². The largest absolute Gasteiger partial charge is 0.489 e. The van der Waals surface area contributed by atoms with Crippen molar-refractivity contribution in [3.8, 4) is 5.75 Å². The van der Waals surface area contributed by atoms with Crippen LogP contribution >= 0.6 is 12.6 Å². The normalized spacial score (nSPS) is 16.8.